The maximum atomic E-state index is 4.74. The highest BCUT2D eigenvalue weighted by Gasteiger charge is 2.18. The van der Waals surface area contributed by atoms with Crippen molar-refractivity contribution in [2.45, 2.75) is 18.8 Å². The van der Waals surface area contributed by atoms with E-state index in [2.05, 4.69) is 38.4 Å². The number of hydrogen-bond acceptors (Lipinski definition) is 3. The molecular weight excluding hydrogens is 302 g/mol. The minimum atomic E-state index is 0.497. The van der Waals surface area contributed by atoms with Crippen LogP contribution in [0.4, 0.5) is 0 Å². The average molecular weight is 318 g/mol. The number of halogens is 1. The topological polar surface area (TPSA) is 37.8 Å². The van der Waals surface area contributed by atoms with Crippen LogP contribution in [-0.2, 0) is 0 Å². The van der Waals surface area contributed by atoms with E-state index in [1.807, 2.05) is 24.4 Å². The molecule has 4 heteroatoms. The molecule has 0 spiro atoms. The Balaban J connectivity index is 1.88. The van der Waals surface area contributed by atoms with Gasteiger partial charge in [-0.3, -0.25) is 0 Å². The van der Waals surface area contributed by atoms with Crippen molar-refractivity contribution < 1.29 is 0 Å². The Bertz CT molecular complexity index is 548. The number of rotatable bonds is 2. The van der Waals surface area contributed by atoms with Crippen molar-refractivity contribution in [3.63, 3.8) is 0 Å². The Labute approximate surface area is 121 Å². The van der Waals surface area contributed by atoms with Crippen LogP contribution >= 0.6 is 15.9 Å². The largest absolute Gasteiger partial charge is 0.317 e. The number of aromatic nitrogens is 2. The molecule has 0 radical (unpaired) electrons. The van der Waals surface area contributed by atoms with E-state index < -0.39 is 0 Å². The van der Waals surface area contributed by atoms with E-state index in [9.17, 15) is 0 Å². The van der Waals surface area contributed by atoms with Crippen LogP contribution in [0.15, 0.2) is 41.0 Å². The highest BCUT2D eigenvalue weighted by atomic mass is 79.9. The zero-order valence-corrected chi connectivity index (χ0v) is 12.2. The standard InChI is InChI=1S/C15H16BrN3/c16-13-3-1-11(2-4-13)14-7-10-18-15(19-14)12-5-8-17-9-6-12/h1-4,7,10,12,17H,5-6,8-9H2. The molecule has 1 aliphatic heterocycles. The fraction of sp³-hybridized carbons (Fsp3) is 0.333. The SMILES string of the molecule is Brc1ccc(-c2ccnc(C3CCNCC3)n2)cc1. The molecule has 98 valence electrons. The summed E-state index contributed by atoms with van der Waals surface area (Å²) in [5, 5.41) is 3.38. The van der Waals surface area contributed by atoms with Crippen LogP contribution in [-0.4, -0.2) is 23.1 Å². The van der Waals surface area contributed by atoms with E-state index in [1.165, 1.54) is 0 Å². The highest BCUT2D eigenvalue weighted by molar-refractivity contribution is 9.10. The summed E-state index contributed by atoms with van der Waals surface area (Å²) < 4.78 is 1.09. The van der Waals surface area contributed by atoms with Crippen molar-refractivity contribution >= 4 is 15.9 Å². The second-order valence-corrected chi connectivity index (χ2v) is 5.75. The molecule has 0 unspecified atom stereocenters. The molecule has 19 heavy (non-hydrogen) atoms. The fourth-order valence-electron chi connectivity index (χ4n) is 2.43. The Morgan fingerprint density at radius 1 is 1.05 bits per heavy atom. The molecule has 2 aromatic rings. The summed E-state index contributed by atoms with van der Waals surface area (Å²) in [6.45, 7) is 2.13. The maximum absolute atomic E-state index is 4.74. The molecular formula is C15H16BrN3. The molecule has 1 saturated heterocycles. The number of piperidine rings is 1. The molecule has 1 aromatic carbocycles. The first-order chi connectivity index (χ1) is 9.33. The smallest absolute Gasteiger partial charge is 0.132 e. The van der Waals surface area contributed by atoms with Gasteiger partial charge in [0.25, 0.3) is 0 Å². The second kappa shape index (κ2) is 5.80. The minimum Gasteiger partial charge on any atom is -0.317 e. The molecule has 1 aromatic heterocycles. The molecule has 1 aliphatic rings. The first-order valence-corrected chi connectivity index (χ1v) is 7.42. The Kier molecular flexibility index (Phi) is 3.89. The van der Waals surface area contributed by atoms with Gasteiger partial charge in [-0.05, 0) is 44.1 Å². The highest BCUT2D eigenvalue weighted by Crippen LogP contribution is 2.25. The molecule has 1 fully saturated rings. The van der Waals surface area contributed by atoms with Crippen molar-refractivity contribution in [3.8, 4) is 11.3 Å². The fourth-order valence-corrected chi connectivity index (χ4v) is 2.70. The summed E-state index contributed by atoms with van der Waals surface area (Å²) in [6, 6.07) is 10.2. The van der Waals surface area contributed by atoms with Crippen LogP contribution in [0.25, 0.3) is 11.3 Å². The Hall–Kier alpha value is -1.26. The van der Waals surface area contributed by atoms with Crippen molar-refractivity contribution in [1.29, 1.82) is 0 Å². The van der Waals surface area contributed by atoms with Gasteiger partial charge >= 0.3 is 0 Å². The molecule has 0 aliphatic carbocycles. The van der Waals surface area contributed by atoms with Crippen molar-refractivity contribution in [3.05, 3.63) is 46.8 Å². The van der Waals surface area contributed by atoms with E-state index >= 15 is 0 Å². The summed E-state index contributed by atoms with van der Waals surface area (Å²) >= 11 is 3.46. The van der Waals surface area contributed by atoms with Gasteiger partial charge in [-0.25, -0.2) is 9.97 Å². The van der Waals surface area contributed by atoms with Gasteiger partial charge in [0, 0.05) is 22.2 Å². The third-order valence-electron chi connectivity index (χ3n) is 3.52. The predicted molar refractivity (Wildman–Crippen MR) is 80.0 cm³/mol. The van der Waals surface area contributed by atoms with Crippen LogP contribution < -0.4 is 5.32 Å². The van der Waals surface area contributed by atoms with Gasteiger partial charge in [-0.15, -0.1) is 0 Å². The molecule has 0 atom stereocenters. The van der Waals surface area contributed by atoms with Crippen LogP contribution in [0.3, 0.4) is 0 Å². The van der Waals surface area contributed by atoms with Gasteiger partial charge in [0.2, 0.25) is 0 Å². The van der Waals surface area contributed by atoms with E-state index in [0.717, 1.165) is 47.5 Å². The van der Waals surface area contributed by atoms with E-state index in [0.29, 0.717) is 5.92 Å². The number of hydrogen-bond donors (Lipinski definition) is 1. The first kappa shape index (κ1) is 12.8. The predicted octanol–water partition coefficient (Wildman–Crippen LogP) is 3.37. The first-order valence-electron chi connectivity index (χ1n) is 6.62. The summed E-state index contributed by atoms with van der Waals surface area (Å²) in [5.74, 6) is 1.48. The third-order valence-corrected chi connectivity index (χ3v) is 4.05. The molecule has 2 heterocycles. The van der Waals surface area contributed by atoms with Gasteiger partial charge in [0.1, 0.15) is 5.82 Å². The average Bonchev–Trinajstić information content (AvgIpc) is 2.49. The summed E-state index contributed by atoms with van der Waals surface area (Å²) in [7, 11) is 0. The zero-order chi connectivity index (χ0) is 13.1. The number of benzene rings is 1. The summed E-state index contributed by atoms with van der Waals surface area (Å²) in [6.07, 6.45) is 4.13. The van der Waals surface area contributed by atoms with Crippen LogP contribution in [0, 0.1) is 0 Å². The summed E-state index contributed by atoms with van der Waals surface area (Å²) in [5.41, 5.74) is 2.15. The molecule has 0 amide bonds. The molecule has 0 saturated carbocycles. The van der Waals surface area contributed by atoms with Crippen molar-refractivity contribution in [2.75, 3.05) is 13.1 Å². The third kappa shape index (κ3) is 3.01. The van der Waals surface area contributed by atoms with E-state index in [-0.39, 0.29) is 0 Å². The molecule has 3 nitrogen and oxygen atoms in total. The van der Waals surface area contributed by atoms with Crippen molar-refractivity contribution in [2.24, 2.45) is 0 Å². The lowest BCUT2D eigenvalue weighted by Gasteiger charge is -2.21. The quantitative estimate of drug-likeness (QED) is 0.922. The van der Waals surface area contributed by atoms with Crippen LogP contribution in [0.2, 0.25) is 0 Å². The lowest BCUT2D eigenvalue weighted by molar-refractivity contribution is 0.445. The van der Waals surface area contributed by atoms with E-state index in [4.69, 9.17) is 4.98 Å². The molecule has 1 N–H and O–H groups in total. The Morgan fingerprint density at radius 3 is 2.53 bits per heavy atom. The lowest BCUT2D eigenvalue weighted by atomic mass is 9.97. The maximum Gasteiger partial charge on any atom is 0.132 e. The van der Waals surface area contributed by atoms with Crippen molar-refractivity contribution in [1.82, 2.24) is 15.3 Å². The van der Waals surface area contributed by atoms with Gasteiger partial charge in [0.05, 0.1) is 5.69 Å². The van der Waals surface area contributed by atoms with Crippen LogP contribution in [0.5, 0.6) is 0 Å². The molecule has 0 bridgehead atoms. The minimum absolute atomic E-state index is 0.497. The summed E-state index contributed by atoms with van der Waals surface area (Å²) in [4.78, 5) is 9.20. The van der Waals surface area contributed by atoms with Gasteiger partial charge in [0.15, 0.2) is 0 Å². The van der Waals surface area contributed by atoms with E-state index in [1.54, 1.807) is 0 Å². The van der Waals surface area contributed by atoms with Gasteiger partial charge < -0.3 is 5.32 Å². The second-order valence-electron chi connectivity index (χ2n) is 4.83. The number of nitrogens with one attached hydrogen (secondary N) is 1. The monoisotopic (exact) mass is 317 g/mol. The van der Waals surface area contributed by atoms with Gasteiger partial charge in [-0.2, -0.15) is 0 Å². The normalized spacial score (nSPS) is 16.5. The molecule has 3 rings (SSSR count). The van der Waals surface area contributed by atoms with Crippen LogP contribution in [0.1, 0.15) is 24.6 Å². The Morgan fingerprint density at radius 2 is 1.79 bits per heavy atom. The zero-order valence-electron chi connectivity index (χ0n) is 10.6. The lowest BCUT2D eigenvalue weighted by Crippen LogP contribution is -2.27. The van der Waals surface area contributed by atoms with Gasteiger partial charge in [-0.1, -0.05) is 28.1 Å². The number of nitrogens with zero attached hydrogens (tertiary/aromatic N) is 2.